The third kappa shape index (κ3) is 4.37. The lowest BCUT2D eigenvalue weighted by Crippen LogP contribution is -2.32. The topological polar surface area (TPSA) is 58.6 Å². The molecule has 0 bridgehead atoms. The quantitative estimate of drug-likeness (QED) is 0.507. The van der Waals surface area contributed by atoms with Crippen LogP contribution in [0.2, 0.25) is 0 Å². The van der Waals surface area contributed by atoms with Gasteiger partial charge in [-0.25, -0.2) is 4.39 Å². The van der Waals surface area contributed by atoms with E-state index in [-0.39, 0.29) is 23.4 Å². The molecule has 0 atom stereocenters. The van der Waals surface area contributed by atoms with Gasteiger partial charge in [-0.2, -0.15) is 0 Å². The van der Waals surface area contributed by atoms with E-state index in [2.05, 4.69) is 5.32 Å². The van der Waals surface area contributed by atoms with E-state index in [0.29, 0.717) is 23.6 Å². The number of hydrogen-bond donors (Lipinski definition) is 1. The van der Waals surface area contributed by atoms with Gasteiger partial charge >= 0.3 is 0 Å². The number of anilines is 1. The van der Waals surface area contributed by atoms with Crippen LogP contribution >= 0.6 is 0 Å². The van der Waals surface area contributed by atoms with Crippen molar-refractivity contribution in [3.8, 4) is 5.75 Å². The average Bonchev–Trinajstić information content (AvgIpc) is 3.03. The first-order valence-electron chi connectivity index (χ1n) is 10.8. The van der Waals surface area contributed by atoms with Gasteiger partial charge in [0.15, 0.2) is 0 Å². The summed E-state index contributed by atoms with van der Waals surface area (Å²) in [6.07, 6.45) is 0. The fraction of sp³-hybridized carbons (Fsp3) is 0.185. The predicted octanol–water partition coefficient (Wildman–Crippen LogP) is 5.23. The van der Waals surface area contributed by atoms with Crippen LogP contribution in [-0.2, 0) is 16.1 Å². The molecule has 0 aliphatic carbocycles. The number of carbonyl (C=O) groups excluding carboxylic acids is 2. The number of rotatable bonds is 7. The van der Waals surface area contributed by atoms with Crippen LogP contribution in [0.3, 0.4) is 0 Å². The zero-order valence-electron chi connectivity index (χ0n) is 18.8. The van der Waals surface area contributed by atoms with Crippen LogP contribution in [0.15, 0.2) is 72.4 Å². The van der Waals surface area contributed by atoms with Gasteiger partial charge in [-0.05, 0) is 55.7 Å². The Hall–Kier alpha value is -3.93. The molecule has 33 heavy (non-hydrogen) atoms. The second-order valence-electron chi connectivity index (χ2n) is 7.89. The summed E-state index contributed by atoms with van der Waals surface area (Å²) in [6, 6.07) is 19.0. The minimum Gasteiger partial charge on any atom is -0.492 e. The summed E-state index contributed by atoms with van der Waals surface area (Å²) in [4.78, 5) is 28.0. The highest BCUT2D eigenvalue weighted by Gasteiger charge is 2.39. The largest absolute Gasteiger partial charge is 0.492 e. The summed E-state index contributed by atoms with van der Waals surface area (Å²) in [5, 5.41) is 3.14. The summed E-state index contributed by atoms with van der Waals surface area (Å²) in [7, 11) is 0. The van der Waals surface area contributed by atoms with Crippen molar-refractivity contribution < 1.29 is 18.7 Å². The summed E-state index contributed by atoms with van der Waals surface area (Å²) >= 11 is 0. The standard InChI is InChI=1S/C27H25FN2O3/c1-4-33-23-12-8-7-11-22(23)29-25-24(19-14-13-17(2)18(3)15-19)26(31)30(27(25)32)16-20-9-5-6-10-21(20)28/h5-15,29H,4,16H2,1-3H3. The molecular weight excluding hydrogens is 419 g/mol. The third-order valence-corrected chi connectivity index (χ3v) is 5.70. The fourth-order valence-corrected chi connectivity index (χ4v) is 3.78. The second kappa shape index (κ2) is 9.28. The van der Waals surface area contributed by atoms with Gasteiger partial charge in [0.1, 0.15) is 17.3 Å². The lowest BCUT2D eigenvalue weighted by molar-refractivity contribution is -0.137. The number of ether oxygens (including phenoxy) is 1. The minimum atomic E-state index is -0.511. The van der Waals surface area contributed by atoms with Gasteiger partial charge in [0.2, 0.25) is 0 Å². The van der Waals surface area contributed by atoms with E-state index in [1.54, 1.807) is 30.3 Å². The molecule has 1 N–H and O–H groups in total. The van der Waals surface area contributed by atoms with E-state index in [4.69, 9.17) is 4.74 Å². The molecular formula is C27H25FN2O3. The Balaban J connectivity index is 1.79. The number of carbonyl (C=O) groups is 2. The number of aryl methyl sites for hydroxylation is 2. The van der Waals surface area contributed by atoms with Crippen LogP contribution in [0.1, 0.15) is 29.2 Å². The minimum absolute atomic E-state index is 0.145. The maximum absolute atomic E-state index is 14.3. The van der Waals surface area contributed by atoms with Crippen molar-refractivity contribution in [3.63, 3.8) is 0 Å². The molecule has 0 saturated heterocycles. The van der Waals surface area contributed by atoms with Crippen LogP contribution in [0, 0.1) is 19.7 Å². The number of hydrogen-bond acceptors (Lipinski definition) is 4. The van der Waals surface area contributed by atoms with E-state index in [9.17, 15) is 14.0 Å². The number of benzene rings is 3. The van der Waals surface area contributed by atoms with Crippen LogP contribution in [-0.4, -0.2) is 23.3 Å². The van der Waals surface area contributed by atoms with Crippen molar-refractivity contribution in [3.05, 3.63) is 100 Å². The van der Waals surface area contributed by atoms with E-state index in [0.717, 1.165) is 16.0 Å². The maximum atomic E-state index is 14.3. The van der Waals surface area contributed by atoms with E-state index >= 15 is 0 Å². The zero-order chi connectivity index (χ0) is 23.5. The molecule has 1 aliphatic heterocycles. The smallest absolute Gasteiger partial charge is 0.278 e. The molecule has 0 spiro atoms. The molecule has 0 unspecified atom stereocenters. The van der Waals surface area contributed by atoms with Crippen molar-refractivity contribution in [1.82, 2.24) is 4.90 Å². The van der Waals surface area contributed by atoms with Gasteiger partial charge in [-0.15, -0.1) is 0 Å². The number of nitrogens with zero attached hydrogens (tertiary/aromatic N) is 1. The van der Waals surface area contributed by atoms with Crippen LogP contribution < -0.4 is 10.1 Å². The molecule has 5 nitrogen and oxygen atoms in total. The lowest BCUT2D eigenvalue weighted by Gasteiger charge is -2.16. The Labute approximate surface area is 192 Å². The normalized spacial score (nSPS) is 13.6. The molecule has 0 radical (unpaired) electrons. The first kappa shape index (κ1) is 22.3. The summed E-state index contributed by atoms with van der Waals surface area (Å²) < 4.78 is 20.0. The monoisotopic (exact) mass is 444 g/mol. The van der Waals surface area contributed by atoms with Crippen LogP contribution in [0.4, 0.5) is 10.1 Å². The van der Waals surface area contributed by atoms with Gasteiger partial charge < -0.3 is 10.1 Å². The second-order valence-corrected chi connectivity index (χ2v) is 7.89. The highest BCUT2D eigenvalue weighted by Crippen LogP contribution is 2.34. The van der Waals surface area contributed by atoms with E-state index in [1.165, 1.54) is 6.07 Å². The Morgan fingerprint density at radius 3 is 2.36 bits per heavy atom. The molecule has 4 rings (SSSR count). The van der Waals surface area contributed by atoms with Crippen molar-refractivity contribution in [2.24, 2.45) is 0 Å². The number of amides is 2. The number of imide groups is 1. The van der Waals surface area contributed by atoms with Crippen LogP contribution in [0.5, 0.6) is 5.75 Å². The Morgan fingerprint density at radius 2 is 1.64 bits per heavy atom. The maximum Gasteiger partial charge on any atom is 0.278 e. The van der Waals surface area contributed by atoms with Crippen molar-refractivity contribution in [2.45, 2.75) is 27.3 Å². The van der Waals surface area contributed by atoms with Gasteiger partial charge in [-0.3, -0.25) is 14.5 Å². The summed E-state index contributed by atoms with van der Waals surface area (Å²) in [6.45, 7) is 6.11. The Morgan fingerprint density at radius 1 is 0.909 bits per heavy atom. The summed E-state index contributed by atoms with van der Waals surface area (Å²) in [5.74, 6) is -0.876. The molecule has 0 saturated carbocycles. The average molecular weight is 445 g/mol. The number of para-hydroxylation sites is 2. The zero-order valence-corrected chi connectivity index (χ0v) is 18.8. The molecule has 1 aliphatic rings. The van der Waals surface area contributed by atoms with Crippen molar-refractivity contribution in [1.29, 1.82) is 0 Å². The Kier molecular flexibility index (Phi) is 6.27. The number of halogens is 1. The Bertz CT molecular complexity index is 1270. The van der Waals surface area contributed by atoms with Gasteiger partial charge in [0.25, 0.3) is 11.8 Å². The van der Waals surface area contributed by atoms with Gasteiger partial charge in [0.05, 0.1) is 24.4 Å². The van der Waals surface area contributed by atoms with E-state index in [1.807, 2.05) is 51.1 Å². The van der Waals surface area contributed by atoms with Gasteiger partial charge in [-0.1, -0.05) is 48.5 Å². The molecule has 6 heteroatoms. The first-order chi connectivity index (χ1) is 15.9. The third-order valence-electron chi connectivity index (χ3n) is 5.70. The van der Waals surface area contributed by atoms with Gasteiger partial charge in [0, 0.05) is 5.56 Å². The summed E-state index contributed by atoms with van der Waals surface area (Å²) in [5.41, 5.74) is 3.96. The molecule has 168 valence electrons. The van der Waals surface area contributed by atoms with Crippen molar-refractivity contribution >= 4 is 23.1 Å². The van der Waals surface area contributed by atoms with Crippen molar-refractivity contribution in [2.75, 3.05) is 11.9 Å². The highest BCUT2D eigenvalue weighted by atomic mass is 19.1. The SMILES string of the molecule is CCOc1ccccc1NC1=C(c2ccc(C)c(C)c2)C(=O)N(Cc2ccccc2F)C1=O. The molecule has 0 aromatic heterocycles. The molecule has 2 amide bonds. The first-order valence-corrected chi connectivity index (χ1v) is 10.8. The van der Waals surface area contributed by atoms with Crippen LogP contribution in [0.25, 0.3) is 5.57 Å². The lowest BCUT2D eigenvalue weighted by atomic mass is 9.99. The molecule has 3 aromatic rings. The molecule has 1 heterocycles. The molecule has 3 aromatic carbocycles. The fourth-order valence-electron chi connectivity index (χ4n) is 3.78. The molecule has 0 fully saturated rings. The van der Waals surface area contributed by atoms with E-state index < -0.39 is 17.6 Å². The highest BCUT2D eigenvalue weighted by molar-refractivity contribution is 6.36. The number of nitrogens with one attached hydrogen (secondary N) is 1. The predicted molar refractivity (Wildman–Crippen MR) is 126 cm³/mol.